The van der Waals surface area contributed by atoms with Crippen molar-refractivity contribution in [3.63, 3.8) is 0 Å². The van der Waals surface area contributed by atoms with Gasteiger partial charge in [-0.2, -0.15) is 0 Å². The zero-order valence-corrected chi connectivity index (χ0v) is 12.3. The van der Waals surface area contributed by atoms with E-state index in [0.29, 0.717) is 18.1 Å². The Morgan fingerprint density at radius 2 is 2.17 bits per heavy atom. The smallest absolute Gasteiger partial charge is 0.0616 e. The van der Waals surface area contributed by atoms with Crippen molar-refractivity contribution in [2.24, 2.45) is 11.7 Å². The van der Waals surface area contributed by atoms with E-state index in [1.165, 1.54) is 25.8 Å². The third-order valence-corrected chi connectivity index (χ3v) is 5.02. The first-order valence-corrected chi connectivity index (χ1v) is 7.67. The highest BCUT2D eigenvalue weighted by Crippen LogP contribution is 2.36. The second-order valence-corrected chi connectivity index (χ2v) is 6.57. The number of likely N-dealkylation sites (tertiary alicyclic amines) is 1. The average molecular weight is 254 g/mol. The van der Waals surface area contributed by atoms with Crippen LogP contribution in [0.5, 0.6) is 0 Å². The Balaban J connectivity index is 2.13. The molecule has 0 aliphatic carbocycles. The summed E-state index contributed by atoms with van der Waals surface area (Å²) < 4.78 is 5.94. The van der Waals surface area contributed by atoms with Crippen molar-refractivity contribution in [3.8, 4) is 0 Å². The third kappa shape index (κ3) is 2.73. The van der Waals surface area contributed by atoms with Crippen molar-refractivity contribution >= 4 is 0 Å². The van der Waals surface area contributed by atoms with Gasteiger partial charge >= 0.3 is 0 Å². The Bertz CT molecular complexity index is 269. The molecule has 2 saturated heterocycles. The average Bonchev–Trinajstić information content (AvgIpc) is 2.39. The van der Waals surface area contributed by atoms with Gasteiger partial charge < -0.3 is 10.5 Å². The van der Waals surface area contributed by atoms with Crippen LogP contribution in [0.25, 0.3) is 0 Å². The summed E-state index contributed by atoms with van der Waals surface area (Å²) in [6.07, 6.45) is 6.65. The number of piperidine rings is 1. The lowest BCUT2D eigenvalue weighted by Crippen LogP contribution is -2.62. The maximum absolute atomic E-state index is 6.20. The molecule has 0 spiro atoms. The van der Waals surface area contributed by atoms with Crippen LogP contribution in [0.4, 0.5) is 0 Å². The maximum Gasteiger partial charge on any atom is 0.0616 e. The lowest BCUT2D eigenvalue weighted by Gasteiger charge is -2.52. The van der Waals surface area contributed by atoms with Gasteiger partial charge in [-0.15, -0.1) is 0 Å². The van der Waals surface area contributed by atoms with Crippen molar-refractivity contribution in [2.75, 3.05) is 19.7 Å². The molecule has 0 bridgehead atoms. The van der Waals surface area contributed by atoms with E-state index in [1.54, 1.807) is 0 Å². The van der Waals surface area contributed by atoms with Crippen molar-refractivity contribution in [2.45, 2.75) is 70.6 Å². The van der Waals surface area contributed by atoms with Gasteiger partial charge in [0, 0.05) is 24.7 Å². The van der Waals surface area contributed by atoms with E-state index in [4.69, 9.17) is 10.5 Å². The van der Waals surface area contributed by atoms with Crippen LogP contribution >= 0.6 is 0 Å². The molecule has 2 N–H and O–H groups in total. The molecule has 0 aromatic heterocycles. The Kier molecular flexibility index (Phi) is 4.68. The quantitative estimate of drug-likeness (QED) is 0.840. The first-order chi connectivity index (χ1) is 8.59. The zero-order valence-electron chi connectivity index (χ0n) is 12.3. The summed E-state index contributed by atoms with van der Waals surface area (Å²) in [5.41, 5.74) is 6.40. The first kappa shape index (κ1) is 14.3. The lowest BCUT2D eigenvalue weighted by atomic mass is 9.79. The fourth-order valence-corrected chi connectivity index (χ4v) is 3.73. The molecular formula is C15H30N2O. The van der Waals surface area contributed by atoms with Gasteiger partial charge in [-0.05, 0) is 45.1 Å². The molecule has 3 nitrogen and oxygen atoms in total. The molecule has 3 unspecified atom stereocenters. The summed E-state index contributed by atoms with van der Waals surface area (Å²) in [5.74, 6) is 0.594. The molecule has 0 saturated carbocycles. The molecular weight excluding hydrogens is 224 g/mol. The van der Waals surface area contributed by atoms with Gasteiger partial charge in [0.1, 0.15) is 0 Å². The summed E-state index contributed by atoms with van der Waals surface area (Å²) in [4.78, 5) is 2.70. The summed E-state index contributed by atoms with van der Waals surface area (Å²) in [6, 6.07) is 0.688. The minimum absolute atomic E-state index is 0.201. The molecule has 2 aliphatic heterocycles. The fraction of sp³-hybridized carbons (Fsp3) is 1.00. The van der Waals surface area contributed by atoms with Crippen molar-refractivity contribution in [1.82, 2.24) is 4.90 Å². The Hall–Kier alpha value is -0.120. The SMILES string of the molecule is CC(C)C1CC(CN)(N2CCCCC2C)CCO1. The zero-order chi connectivity index (χ0) is 13.2. The van der Waals surface area contributed by atoms with Crippen molar-refractivity contribution in [3.05, 3.63) is 0 Å². The van der Waals surface area contributed by atoms with Gasteiger partial charge in [0.25, 0.3) is 0 Å². The molecule has 0 radical (unpaired) electrons. The minimum Gasteiger partial charge on any atom is -0.378 e. The number of hydrogen-bond acceptors (Lipinski definition) is 3. The molecule has 2 fully saturated rings. The highest BCUT2D eigenvalue weighted by molar-refractivity contribution is 4.99. The maximum atomic E-state index is 6.20. The van der Waals surface area contributed by atoms with Crippen molar-refractivity contribution < 1.29 is 4.74 Å². The van der Waals surface area contributed by atoms with Crippen LogP contribution in [-0.2, 0) is 4.74 Å². The van der Waals surface area contributed by atoms with Gasteiger partial charge in [0.05, 0.1) is 6.10 Å². The molecule has 3 atom stereocenters. The topological polar surface area (TPSA) is 38.5 Å². The third-order valence-electron chi connectivity index (χ3n) is 5.02. The van der Waals surface area contributed by atoms with E-state index in [9.17, 15) is 0 Å². The number of hydrogen-bond donors (Lipinski definition) is 1. The molecule has 0 aromatic carbocycles. The number of nitrogens with zero attached hydrogens (tertiary/aromatic N) is 1. The van der Waals surface area contributed by atoms with Gasteiger partial charge in [-0.25, -0.2) is 0 Å². The van der Waals surface area contributed by atoms with Gasteiger partial charge in [-0.3, -0.25) is 4.90 Å². The van der Waals surface area contributed by atoms with Crippen LogP contribution in [0, 0.1) is 5.92 Å². The number of nitrogens with two attached hydrogens (primary N) is 1. The van der Waals surface area contributed by atoms with Crippen LogP contribution in [0.15, 0.2) is 0 Å². The summed E-state index contributed by atoms with van der Waals surface area (Å²) in [5, 5.41) is 0. The van der Waals surface area contributed by atoms with Crippen LogP contribution in [0.1, 0.15) is 52.9 Å². The van der Waals surface area contributed by atoms with Gasteiger partial charge in [-0.1, -0.05) is 20.3 Å². The van der Waals surface area contributed by atoms with E-state index in [0.717, 1.165) is 26.0 Å². The normalized spacial score (nSPS) is 39.2. The molecule has 2 aliphatic rings. The van der Waals surface area contributed by atoms with Gasteiger partial charge in [0.2, 0.25) is 0 Å². The van der Waals surface area contributed by atoms with Crippen LogP contribution in [0.3, 0.4) is 0 Å². The number of rotatable bonds is 3. The van der Waals surface area contributed by atoms with E-state index in [2.05, 4.69) is 25.7 Å². The first-order valence-electron chi connectivity index (χ1n) is 7.67. The highest BCUT2D eigenvalue weighted by atomic mass is 16.5. The van der Waals surface area contributed by atoms with E-state index in [-0.39, 0.29) is 5.54 Å². The minimum atomic E-state index is 0.201. The molecule has 106 valence electrons. The van der Waals surface area contributed by atoms with E-state index < -0.39 is 0 Å². The van der Waals surface area contributed by atoms with Gasteiger partial charge in [0.15, 0.2) is 0 Å². The van der Waals surface area contributed by atoms with Crippen LogP contribution in [-0.4, -0.2) is 42.3 Å². The fourth-order valence-electron chi connectivity index (χ4n) is 3.73. The summed E-state index contributed by atoms with van der Waals surface area (Å²) >= 11 is 0. The van der Waals surface area contributed by atoms with Crippen molar-refractivity contribution in [1.29, 1.82) is 0 Å². The molecule has 0 aromatic rings. The molecule has 18 heavy (non-hydrogen) atoms. The lowest BCUT2D eigenvalue weighted by molar-refractivity contribution is -0.102. The van der Waals surface area contributed by atoms with Crippen LogP contribution in [0.2, 0.25) is 0 Å². The molecule has 3 heteroatoms. The second kappa shape index (κ2) is 5.89. The Labute approximate surface area is 112 Å². The summed E-state index contributed by atoms with van der Waals surface area (Å²) in [7, 11) is 0. The van der Waals surface area contributed by atoms with E-state index >= 15 is 0 Å². The monoisotopic (exact) mass is 254 g/mol. The number of ether oxygens (including phenoxy) is 1. The highest BCUT2D eigenvalue weighted by Gasteiger charge is 2.43. The molecule has 0 amide bonds. The Morgan fingerprint density at radius 3 is 2.78 bits per heavy atom. The molecule has 2 heterocycles. The molecule has 2 rings (SSSR count). The standard InChI is InChI=1S/C15H30N2O/c1-12(2)14-10-15(11-16,7-9-18-14)17-8-5-4-6-13(17)3/h12-14H,4-11,16H2,1-3H3. The predicted molar refractivity (Wildman–Crippen MR) is 75.6 cm³/mol. The summed E-state index contributed by atoms with van der Waals surface area (Å²) in [6.45, 7) is 9.78. The second-order valence-electron chi connectivity index (χ2n) is 6.57. The largest absolute Gasteiger partial charge is 0.378 e. The Morgan fingerprint density at radius 1 is 1.39 bits per heavy atom. The predicted octanol–water partition coefficient (Wildman–Crippen LogP) is 2.39. The van der Waals surface area contributed by atoms with E-state index in [1.807, 2.05) is 0 Å². The van der Waals surface area contributed by atoms with Crippen LogP contribution < -0.4 is 5.73 Å².